The van der Waals surface area contributed by atoms with Crippen molar-refractivity contribution in [3.8, 4) is 40.9 Å². The van der Waals surface area contributed by atoms with Crippen LogP contribution in [-0.4, -0.2) is 43.5 Å². The molecule has 3 aromatic rings. The normalized spacial score (nSPS) is 9.62. The Hall–Kier alpha value is -4.88. The summed E-state index contributed by atoms with van der Waals surface area (Å²) in [5.41, 5.74) is 2.54. The first-order valence-corrected chi connectivity index (χ1v) is 9.91. The fourth-order valence-corrected chi connectivity index (χ4v) is 3.02. The fraction of sp³-hybridized carbons (Fsp3) is 0.111. The molecule has 0 saturated heterocycles. The minimum Gasteiger partial charge on any atom is -0.496 e. The summed E-state index contributed by atoms with van der Waals surface area (Å²) in [6.45, 7) is 0. The molecule has 0 saturated carbocycles. The van der Waals surface area contributed by atoms with Gasteiger partial charge >= 0.3 is 11.9 Å². The van der Waals surface area contributed by atoms with Gasteiger partial charge in [-0.2, -0.15) is 0 Å². The summed E-state index contributed by atoms with van der Waals surface area (Å²) in [4.78, 5) is 22.3. The summed E-state index contributed by atoms with van der Waals surface area (Å²) in [5.74, 6) is 11.1. The minimum atomic E-state index is -1.09. The van der Waals surface area contributed by atoms with Crippen molar-refractivity contribution in [2.75, 3.05) is 21.3 Å². The van der Waals surface area contributed by atoms with E-state index in [-0.39, 0.29) is 16.9 Å². The first-order chi connectivity index (χ1) is 16.4. The lowest BCUT2D eigenvalue weighted by Crippen LogP contribution is -2.00. The highest BCUT2D eigenvalue weighted by atomic mass is 16.5. The first-order valence-electron chi connectivity index (χ1n) is 9.91. The number of benzene rings is 3. The summed E-state index contributed by atoms with van der Waals surface area (Å²) in [6.07, 6.45) is 0. The highest BCUT2D eigenvalue weighted by Crippen LogP contribution is 2.28. The lowest BCUT2D eigenvalue weighted by molar-refractivity contribution is 0.0684. The third-order valence-corrected chi connectivity index (χ3v) is 4.77. The lowest BCUT2D eigenvalue weighted by atomic mass is 10.1. The third-order valence-electron chi connectivity index (χ3n) is 4.77. The summed E-state index contributed by atoms with van der Waals surface area (Å²) in [6, 6.07) is 14.2. The Labute approximate surface area is 196 Å². The number of hydrogen-bond donors (Lipinski definition) is 2. The Kier molecular flexibility index (Phi) is 7.43. The van der Waals surface area contributed by atoms with Crippen LogP contribution >= 0.6 is 0 Å². The van der Waals surface area contributed by atoms with E-state index in [1.165, 1.54) is 39.5 Å². The van der Waals surface area contributed by atoms with E-state index in [9.17, 15) is 14.7 Å². The van der Waals surface area contributed by atoms with Crippen LogP contribution < -0.4 is 14.2 Å². The molecular weight excluding hydrogens is 436 g/mol. The summed E-state index contributed by atoms with van der Waals surface area (Å²) in [7, 11) is 4.43. The molecule has 2 N–H and O–H groups in total. The van der Waals surface area contributed by atoms with Crippen molar-refractivity contribution in [1.29, 1.82) is 0 Å². The molecule has 0 fully saturated rings. The molecule has 0 radical (unpaired) electrons. The van der Waals surface area contributed by atoms with E-state index in [1.54, 1.807) is 36.4 Å². The number of carbonyl (C=O) groups is 2. The molecule has 3 aromatic carbocycles. The van der Waals surface area contributed by atoms with E-state index in [0.29, 0.717) is 33.8 Å². The Balaban J connectivity index is 2.00. The molecule has 0 heterocycles. The van der Waals surface area contributed by atoms with Crippen molar-refractivity contribution in [2.24, 2.45) is 0 Å². The maximum absolute atomic E-state index is 11.3. The molecular formula is C27H20O7. The van der Waals surface area contributed by atoms with Gasteiger partial charge in [0.2, 0.25) is 0 Å². The van der Waals surface area contributed by atoms with Gasteiger partial charge in [-0.15, -0.1) is 0 Å². The molecule has 0 aromatic heterocycles. The first kappa shape index (κ1) is 23.8. The van der Waals surface area contributed by atoms with Crippen LogP contribution in [0.2, 0.25) is 0 Å². The Morgan fingerprint density at radius 2 is 1.15 bits per heavy atom. The van der Waals surface area contributed by atoms with Crippen LogP contribution in [0, 0.1) is 23.7 Å². The van der Waals surface area contributed by atoms with Crippen molar-refractivity contribution in [3.05, 3.63) is 88.0 Å². The molecule has 0 aliphatic carbocycles. The Bertz CT molecular complexity index is 1360. The van der Waals surface area contributed by atoms with Crippen LogP contribution in [0.15, 0.2) is 54.6 Å². The molecule has 0 spiro atoms. The number of methoxy groups -OCH3 is 3. The maximum atomic E-state index is 11.3. The molecule has 0 amide bonds. The lowest BCUT2D eigenvalue weighted by Gasteiger charge is -2.09. The van der Waals surface area contributed by atoms with Gasteiger partial charge in [-0.3, -0.25) is 0 Å². The van der Waals surface area contributed by atoms with Crippen LogP contribution in [-0.2, 0) is 0 Å². The van der Waals surface area contributed by atoms with E-state index in [2.05, 4.69) is 23.7 Å². The van der Waals surface area contributed by atoms with Crippen molar-refractivity contribution >= 4 is 11.9 Å². The van der Waals surface area contributed by atoms with E-state index >= 15 is 0 Å². The summed E-state index contributed by atoms with van der Waals surface area (Å²) >= 11 is 0. The van der Waals surface area contributed by atoms with E-state index in [0.717, 1.165) is 0 Å². The van der Waals surface area contributed by atoms with Gasteiger partial charge in [0.1, 0.15) is 22.8 Å². The number of rotatable bonds is 5. The number of carboxylic acid groups (broad SMARTS) is 2. The van der Waals surface area contributed by atoms with Crippen LogP contribution in [0.25, 0.3) is 0 Å². The van der Waals surface area contributed by atoms with Gasteiger partial charge in [0.25, 0.3) is 0 Å². The molecule has 0 aliphatic heterocycles. The number of hydrogen-bond acceptors (Lipinski definition) is 5. The van der Waals surface area contributed by atoms with Gasteiger partial charge in [-0.1, -0.05) is 23.7 Å². The number of carboxylic acids is 2. The zero-order chi connectivity index (χ0) is 24.7. The van der Waals surface area contributed by atoms with E-state index < -0.39 is 11.9 Å². The number of aromatic carboxylic acids is 2. The molecule has 0 aliphatic rings. The van der Waals surface area contributed by atoms with Gasteiger partial charge < -0.3 is 24.4 Å². The monoisotopic (exact) mass is 456 g/mol. The zero-order valence-corrected chi connectivity index (χ0v) is 18.6. The smallest absolute Gasteiger partial charge is 0.339 e. The van der Waals surface area contributed by atoms with Gasteiger partial charge in [0.05, 0.1) is 38.0 Å². The van der Waals surface area contributed by atoms with Crippen LogP contribution in [0.5, 0.6) is 17.2 Å². The standard InChI is InChI=1S/C27H20O7/c1-32-23-16-24(33-2)21(12-7-18-8-13-22(27(30)31)25(14-18)34-3)15-20(23)11-6-17-4-9-19(10-5-17)26(28)29/h4-5,8-10,13-16H,1-3H3,(H,28,29)(H,30,31). The quantitative estimate of drug-likeness (QED) is 0.561. The summed E-state index contributed by atoms with van der Waals surface area (Å²) in [5, 5.41) is 18.3. The van der Waals surface area contributed by atoms with Crippen LogP contribution in [0.4, 0.5) is 0 Å². The zero-order valence-electron chi connectivity index (χ0n) is 18.6. The van der Waals surface area contributed by atoms with Gasteiger partial charge in [-0.05, 0) is 48.5 Å². The molecule has 0 atom stereocenters. The van der Waals surface area contributed by atoms with Gasteiger partial charge in [0, 0.05) is 17.2 Å². The topological polar surface area (TPSA) is 102 Å². The second kappa shape index (κ2) is 10.6. The van der Waals surface area contributed by atoms with Crippen molar-refractivity contribution in [2.45, 2.75) is 0 Å². The Morgan fingerprint density at radius 3 is 1.65 bits per heavy atom. The third kappa shape index (κ3) is 5.48. The highest BCUT2D eigenvalue weighted by molar-refractivity contribution is 5.91. The second-order valence-electron chi connectivity index (χ2n) is 6.86. The van der Waals surface area contributed by atoms with Crippen molar-refractivity contribution in [1.82, 2.24) is 0 Å². The molecule has 7 heteroatoms. The summed E-state index contributed by atoms with van der Waals surface area (Å²) < 4.78 is 16.0. The highest BCUT2D eigenvalue weighted by Gasteiger charge is 2.11. The molecule has 170 valence electrons. The molecule has 34 heavy (non-hydrogen) atoms. The van der Waals surface area contributed by atoms with Crippen molar-refractivity contribution in [3.63, 3.8) is 0 Å². The fourth-order valence-electron chi connectivity index (χ4n) is 3.02. The average molecular weight is 456 g/mol. The van der Waals surface area contributed by atoms with Gasteiger partial charge in [0.15, 0.2) is 0 Å². The predicted molar refractivity (Wildman–Crippen MR) is 125 cm³/mol. The maximum Gasteiger partial charge on any atom is 0.339 e. The molecule has 0 bridgehead atoms. The predicted octanol–water partition coefficient (Wildman–Crippen LogP) is 3.91. The van der Waals surface area contributed by atoms with Gasteiger partial charge in [-0.25, -0.2) is 9.59 Å². The molecule has 7 nitrogen and oxygen atoms in total. The van der Waals surface area contributed by atoms with E-state index in [4.69, 9.17) is 19.3 Å². The molecule has 3 rings (SSSR count). The second-order valence-corrected chi connectivity index (χ2v) is 6.86. The largest absolute Gasteiger partial charge is 0.496 e. The average Bonchev–Trinajstić information content (AvgIpc) is 2.85. The SMILES string of the molecule is COc1cc(OC)c(C#Cc2ccc(C(=O)O)c(OC)c2)cc1C#Cc1ccc(C(=O)O)cc1. The molecule has 0 unspecified atom stereocenters. The number of ether oxygens (including phenoxy) is 3. The Morgan fingerprint density at radius 1 is 0.618 bits per heavy atom. The van der Waals surface area contributed by atoms with Crippen molar-refractivity contribution < 1.29 is 34.0 Å². The van der Waals surface area contributed by atoms with Crippen LogP contribution in [0.1, 0.15) is 43.0 Å². The minimum absolute atomic E-state index is 0.0454. The van der Waals surface area contributed by atoms with E-state index in [1.807, 2.05) is 0 Å². The van der Waals surface area contributed by atoms with Crippen LogP contribution in [0.3, 0.4) is 0 Å².